The van der Waals surface area contributed by atoms with Gasteiger partial charge in [-0.05, 0) is 36.9 Å². The van der Waals surface area contributed by atoms with Crippen LogP contribution in [0.25, 0.3) is 0 Å². The van der Waals surface area contributed by atoms with Crippen molar-refractivity contribution in [3.05, 3.63) is 65.0 Å². The van der Waals surface area contributed by atoms with Crippen molar-refractivity contribution in [1.82, 2.24) is 25.2 Å². The summed E-state index contributed by atoms with van der Waals surface area (Å²) in [4.78, 5) is 30.6. The Balaban J connectivity index is 1.50. The zero-order chi connectivity index (χ0) is 23.9. The molecule has 5 rings (SSSR count). The van der Waals surface area contributed by atoms with Crippen LogP contribution in [-0.4, -0.2) is 60.1 Å². The first-order valence-electron chi connectivity index (χ1n) is 11.3. The third-order valence-electron chi connectivity index (χ3n) is 6.42. The molecule has 2 N–H and O–H groups in total. The predicted molar refractivity (Wildman–Crippen MR) is 131 cm³/mol. The Kier molecular flexibility index (Phi) is 5.66. The molecule has 1 atom stereocenters. The van der Waals surface area contributed by atoms with Crippen LogP contribution in [0.1, 0.15) is 34.1 Å². The summed E-state index contributed by atoms with van der Waals surface area (Å²) in [6.07, 6.45) is 1.87. The number of carbonyl (C=O) groups is 1. The second-order valence-electron chi connectivity index (χ2n) is 9.19. The van der Waals surface area contributed by atoms with Crippen molar-refractivity contribution in [3.8, 4) is 0 Å². The minimum absolute atomic E-state index is 0.0301. The number of pyridine rings is 1. The van der Waals surface area contributed by atoms with Crippen LogP contribution >= 0.6 is 0 Å². The van der Waals surface area contributed by atoms with Crippen LogP contribution in [0.4, 0.5) is 23.3 Å². The zero-order valence-corrected chi connectivity index (χ0v) is 19.9. The van der Waals surface area contributed by atoms with Crippen molar-refractivity contribution < 1.29 is 9.53 Å². The average molecular weight is 460 g/mol. The highest BCUT2D eigenvalue weighted by molar-refractivity contribution is 5.99. The fourth-order valence-corrected chi connectivity index (χ4v) is 4.76. The van der Waals surface area contributed by atoms with Crippen LogP contribution in [0, 0.1) is 0 Å². The van der Waals surface area contributed by atoms with E-state index in [-0.39, 0.29) is 11.3 Å². The lowest BCUT2D eigenvalue weighted by Gasteiger charge is -2.24. The Bertz CT molecular complexity index is 1250. The van der Waals surface area contributed by atoms with Gasteiger partial charge in [-0.2, -0.15) is 4.98 Å². The molecule has 0 bridgehead atoms. The van der Waals surface area contributed by atoms with E-state index < -0.39 is 0 Å². The molecule has 176 valence electrons. The van der Waals surface area contributed by atoms with E-state index in [1.54, 1.807) is 12.0 Å². The molecular formula is C25H29N7O2. The molecule has 1 aromatic carbocycles. The third kappa shape index (κ3) is 3.86. The fraction of sp³-hybridized carbons (Fsp3) is 0.360. The number of carbonyl (C=O) groups excluding carboxylic acids is 1. The van der Waals surface area contributed by atoms with Crippen LogP contribution in [0.15, 0.2) is 42.6 Å². The molecule has 3 aromatic rings. The van der Waals surface area contributed by atoms with E-state index in [1.807, 2.05) is 56.7 Å². The molecule has 0 radical (unpaired) electrons. The molecule has 2 aliphatic rings. The van der Waals surface area contributed by atoms with Crippen LogP contribution < -0.4 is 15.5 Å². The number of amides is 1. The van der Waals surface area contributed by atoms with Gasteiger partial charge in [-0.25, -0.2) is 9.97 Å². The van der Waals surface area contributed by atoms with Crippen LogP contribution in [-0.2, 0) is 23.2 Å². The summed E-state index contributed by atoms with van der Waals surface area (Å²) in [7, 11) is 5.43. The minimum atomic E-state index is -0.270. The number of hydrogen-bond acceptors (Lipinski definition) is 8. The molecule has 9 heteroatoms. The molecule has 4 heterocycles. The van der Waals surface area contributed by atoms with Gasteiger partial charge in [-0.3, -0.25) is 4.79 Å². The molecule has 2 aliphatic heterocycles. The van der Waals surface area contributed by atoms with E-state index in [0.717, 1.165) is 34.1 Å². The largest absolute Gasteiger partial charge is 0.384 e. The number of rotatable bonds is 7. The minimum Gasteiger partial charge on any atom is -0.384 e. The molecule has 0 unspecified atom stereocenters. The Morgan fingerprint density at radius 1 is 1.21 bits per heavy atom. The summed E-state index contributed by atoms with van der Waals surface area (Å²) in [5, 5.41) is 6.43. The van der Waals surface area contributed by atoms with Gasteiger partial charge in [0, 0.05) is 62.2 Å². The van der Waals surface area contributed by atoms with Gasteiger partial charge < -0.3 is 25.2 Å². The molecule has 2 aromatic heterocycles. The lowest BCUT2D eigenvalue weighted by Crippen LogP contribution is -2.33. The molecular weight excluding hydrogens is 430 g/mol. The standard InChI is InChI=1S/C25H29N7O2/c1-25(15-34-4)14-32(21-7-5-6-18(28-21)11-26-2)22-20(25)12-27-24(30-22)29-17-9-8-16-13-31(3)23(33)19(16)10-17/h5-10,12,26H,11,13-15H2,1-4H3,(H,27,29,30)/t25-/m1/s1. The van der Waals surface area contributed by atoms with Crippen molar-refractivity contribution in [2.45, 2.75) is 25.4 Å². The summed E-state index contributed by atoms with van der Waals surface area (Å²) in [6.45, 7) is 4.71. The lowest BCUT2D eigenvalue weighted by atomic mass is 9.87. The van der Waals surface area contributed by atoms with Crippen LogP contribution in [0.5, 0.6) is 0 Å². The number of nitrogens with zero attached hydrogens (tertiary/aromatic N) is 5. The van der Waals surface area contributed by atoms with Crippen molar-refractivity contribution in [2.24, 2.45) is 0 Å². The average Bonchev–Trinajstić information content (AvgIpc) is 3.27. The number of methoxy groups -OCH3 is 1. The summed E-state index contributed by atoms with van der Waals surface area (Å²) in [5.74, 6) is 2.14. The topological polar surface area (TPSA) is 95.5 Å². The smallest absolute Gasteiger partial charge is 0.254 e. The first kappa shape index (κ1) is 22.2. The molecule has 0 fully saturated rings. The monoisotopic (exact) mass is 459 g/mol. The van der Waals surface area contributed by atoms with Crippen LogP contribution in [0.3, 0.4) is 0 Å². The third-order valence-corrected chi connectivity index (χ3v) is 6.42. The van der Waals surface area contributed by atoms with E-state index in [9.17, 15) is 4.79 Å². The van der Waals surface area contributed by atoms with Gasteiger partial charge in [0.25, 0.3) is 5.91 Å². The first-order chi connectivity index (χ1) is 16.4. The first-order valence-corrected chi connectivity index (χ1v) is 11.3. The Morgan fingerprint density at radius 3 is 2.85 bits per heavy atom. The molecule has 0 saturated heterocycles. The van der Waals surface area contributed by atoms with E-state index in [0.29, 0.717) is 37.8 Å². The predicted octanol–water partition coefficient (Wildman–Crippen LogP) is 2.98. The second kappa shape index (κ2) is 8.66. The zero-order valence-electron chi connectivity index (χ0n) is 19.9. The number of ether oxygens (including phenoxy) is 1. The van der Waals surface area contributed by atoms with Gasteiger partial charge >= 0.3 is 0 Å². The highest BCUT2D eigenvalue weighted by Gasteiger charge is 2.42. The highest BCUT2D eigenvalue weighted by Crippen LogP contribution is 2.43. The van der Waals surface area contributed by atoms with Crippen molar-refractivity contribution in [3.63, 3.8) is 0 Å². The number of aromatic nitrogens is 3. The summed E-state index contributed by atoms with van der Waals surface area (Å²) >= 11 is 0. The molecule has 9 nitrogen and oxygen atoms in total. The Hall–Kier alpha value is -3.56. The van der Waals surface area contributed by atoms with Crippen molar-refractivity contribution >= 4 is 29.2 Å². The molecule has 0 saturated carbocycles. The van der Waals surface area contributed by atoms with Gasteiger partial charge in [-0.1, -0.05) is 19.1 Å². The maximum absolute atomic E-state index is 12.4. The number of anilines is 4. The Morgan fingerprint density at radius 2 is 2.06 bits per heavy atom. The second-order valence-corrected chi connectivity index (χ2v) is 9.19. The maximum atomic E-state index is 12.4. The number of hydrogen-bond donors (Lipinski definition) is 2. The van der Waals surface area contributed by atoms with Crippen molar-refractivity contribution in [2.75, 3.05) is 44.6 Å². The van der Waals surface area contributed by atoms with Gasteiger partial charge in [-0.15, -0.1) is 0 Å². The maximum Gasteiger partial charge on any atom is 0.254 e. The van der Waals surface area contributed by atoms with Gasteiger partial charge in [0.1, 0.15) is 11.6 Å². The lowest BCUT2D eigenvalue weighted by molar-refractivity contribution is 0.0816. The number of benzene rings is 1. The van der Waals surface area contributed by atoms with Gasteiger partial charge in [0.2, 0.25) is 5.95 Å². The Labute approximate surface area is 199 Å². The normalized spacial score (nSPS) is 18.9. The molecule has 0 aliphatic carbocycles. The number of fused-ring (bicyclic) bond motifs is 2. The van der Waals surface area contributed by atoms with Crippen molar-refractivity contribution in [1.29, 1.82) is 0 Å². The van der Waals surface area contributed by atoms with E-state index in [2.05, 4.69) is 27.4 Å². The van der Waals surface area contributed by atoms with Gasteiger partial charge in [0.15, 0.2) is 0 Å². The molecule has 0 spiro atoms. The van der Waals surface area contributed by atoms with E-state index in [4.69, 9.17) is 14.7 Å². The van der Waals surface area contributed by atoms with E-state index in [1.165, 1.54) is 0 Å². The quantitative estimate of drug-likeness (QED) is 0.557. The van der Waals surface area contributed by atoms with Gasteiger partial charge in [0.05, 0.1) is 12.3 Å². The van der Waals surface area contributed by atoms with Crippen LogP contribution in [0.2, 0.25) is 0 Å². The summed E-state index contributed by atoms with van der Waals surface area (Å²) < 4.78 is 5.56. The fourth-order valence-electron chi connectivity index (χ4n) is 4.76. The molecule has 1 amide bonds. The summed E-state index contributed by atoms with van der Waals surface area (Å²) in [6, 6.07) is 11.8. The van der Waals surface area contributed by atoms with E-state index >= 15 is 0 Å². The number of nitrogens with one attached hydrogen (secondary N) is 2. The molecule has 34 heavy (non-hydrogen) atoms. The highest BCUT2D eigenvalue weighted by atomic mass is 16.5. The SMILES string of the molecule is CNCc1cccc(N2C[C@](C)(COC)c3cnc(Nc4ccc5c(c4)C(=O)N(C)C5)nc32)n1. The summed E-state index contributed by atoms with van der Waals surface area (Å²) in [5.41, 5.74) is 4.23.